The molecule has 0 bridgehead atoms. The minimum atomic E-state index is 0.0993. The molecule has 7 rings (SSSR count). The third-order valence-electron chi connectivity index (χ3n) is 9.89. The molecule has 0 spiro atoms. The topological polar surface area (TPSA) is 135 Å². The number of aromatic nitrogens is 5. The second-order valence-electron chi connectivity index (χ2n) is 13.3. The first-order valence-electron chi connectivity index (χ1n) is 17.3. The van der Waals surface area contributed by atoms with Gasteiger partial charge in [-0.2, -0.15) is 4.98 Å². The number of rotatable bonds is 12. The van der Waals surface area contributed by atoms with E-state index in [1.165, 1.54) is 0 Å². The van der Waals surface area contributed by atoms with E-state index in [1.54, 1.807) is 24.7 Å². The molecular weight excluding hydrogens is 687 g/mol. The van der Waals surface area contributed by atoms with Crippen molar-refractivity contribution >= 4 is 40.7 Å². The number of fused-ring (bicyclic) bond motifs is 1. The van der Waals surface area contributed by atoms with Crippen LogP contribution in [0.5, 0.6) is 5.88 Å². The Bertz CT molecular complexity index is 2080. The third kappa shape index (κ3) is 7.77. The van der Waals surface area contributed by atoms with E-state index >= 15 is 0 Å². The number of hydrogen-bond donors (Lipinski definition) is 3. The average Bonchev–Trinajstić information content (AvgIpc) is 3.76. The lowest BCUT2D eigenvalue weighted by atomic mass is 9.84. The maximum absolute atomic E-state index is 11.7. The highest BCUT2D eigenvalue weighted by Crippen LogP contribution is 2.42. The number of Topliss-reactive ketones (excluding diaryl/α,β-unsaturated/α-hetero) is 1. The van der Waals surface area contributed by atoms with Crippen molar-refractivity contribution in [1.82, 2.24) is 40.5 Å². The smallest absolute Gasteiger partial charge is 0.252 e. The van der Waals surface area contributed by atoms with Crippen LogP contribution in [0.3, 0.4) is 0 Å². The van der Waals surface area contributed by atoms with E-state index in [0.717, 1.165) is 65.5 Å². The molecule has 264 valence electrons. The lowest BCUT2D eigenvalue weighted by Crippen LogP contribution is -2.35. The molecule has 2 aromatic carbocycles. The SMILES string of the molecule is COc1nc(-c2cccc(-c3cccc(-c4cnc5nc(CNC6CCC(C(C)=O)CC6)nn5c4)c3Cl)c2Cl)ccc1CNC[C@@H]1CCC(=O)N1. The highest BCUT2D eigenvalue weighted by Gasteiger charge is 2.24. The molecule has 1 atom stereocenters. The average molecular weight is 728 g/mol. The molecule has 51 heavy (non-hydrogen) atoms. The van der Waals surface area contributed by atoms with Crippen molar-refractivity contribution in [2.45, 2.75) is 70.6 Å². The van der Waals surface area contributed by atoms with Gasteiger partial charge >= 0.3 is 0 Å². The number of pyridine rings is 1. The van der Waals surface area contributed by atoms with Gasteiger partial charge in [0.1, 0.15) is 5.78 Å². The largest absolute Gasteiger partial charge is 0.481 e. The van der Waals surface area contributed by atoms with Gasteiger partial charge in [0, 0.05) is 83.3 Å². The number of carbonyl (C=O) groups is 2. The lowest BCUT2D eigenvalue weighted by Gasteiger charge is -2.27. The molecule has 5 aromatic rings. The molecule has 2 fully saturated rings. The first-order chi connectivity index (χ1) is 24.8. The van der Waals surface area contributed by atoms with Crippen molar-refractivity contribution in [3.8, 4) is 39.4 Å². The van der Waals surface area contributed by atoms with E-state index in [4.69, 9.17) is 32.9 Å². The standard InChI is InChI=1S/C38H40Cl2N8O3/c1-22(49)23-9-12-26(13-10-23)42-20-33-46-38-43-18-25(21-48(38)47-33)28-5-3-6-29(35(28)39)30-7-4-8-31(36(30)40)32-15-11-24(37(45-32)51-2)17-41-19-27-14-16-34(50)44-27/h3-8,11,15,18,21,23,26-27,41-42H,9-10,12-14,16-17,19-20H2,1-2H3,(H,44,50)/t23?,26?,27-/m0/s1. The Labute approximate surface area is 306 Å². The summed E-state index contributed by atoms with van der Waals surface area (Å²) in [5.41, 5.74) is 5.45. The first kappa shape index (κ1) is 35.0. The van der Waals surface area contributed by atoms with Crippen LogP contribution in [0.4, 0.5) is 0 Å². The Morgan fingerprint density at radius 2 is 1.67 bits per heavy atom. The van der Waals surface area contributed by atoms with Gasteiger partial charge in [-0.25, -0.2) is 14.5 Å². The van der Waals surface area contributed by atoms with Crippen molar-refractivity contribution in [1.29, 1.82) is 0 Å². The zero-order valence-electron chi connectivity index (χ0n) is 28.6. The van der Waals surface area contributed by atoms with Crippen molar-refractivity contribution in [3.05, 3.63) is 82.4 Å². The summed E-state index contributed by atoms with van der Waals surface area (Å²) in [6, 6.07) is 16.0. The predicted molar refractivity (Wildman–Crippen MR) is 198 cm³/mol. The van der Waals surface area contributed by atoms with E-state index in [0.29, 0.717) is 65.3 Å². The normalized spacial score (nSPS) is 19.0. The number of nitrogens with one attached hydrogen (secondary N) is 3. The number of methoxy groups -OCH3 is 1. The second kappa shape index (κ2) is 15.4. The van der Waals surface area contributed by atoms with Crippen molar-refractivity contribution in [2.75, 3.05) is 13.7 Å². The molecule has 4 heterocycles. The van der Waals surface area contributed by atoms with Gasteiger partial charge in [0.25, 0.3) is 5.78 Å². The lowest BCUT2D eigenvalue weighted by molar-refractivity contribution is -0.122. The number of amides is 1. The molecule has 0 radical (unpaired) electrons. The number of ketones is 1. The van der Waals surface area contributed by atoms with Gasteiger partial charge in [0.2, 0.25) is 11.8 Å². The summed E-state index contributed by atoms with van der Waals surface area (Å²) in [7, 11) is 1.60. The number of hydrogen-bond acceptors (Lipinski definition) is 9. The van der Waals surface area contributed by atoms with Crippen LogP contribution >= 0.6 is 23.2 Å². The molecule has 1 aliphatic heterocycles. The van der Waals surface area contributed by atoms with E-state index in [1.807, 2.05) is 54.7 Å². The number of halogens is 2. The monoisotopic (exact) mass is 726 g/mol. The molecule has 0 unspecified atom stereocenters. The summed E-state index contributed by atoms with van der Waals surface area (Å²) in [5, 5.41) is 15.7. The highest BCUT2D eigenvalue weighted by molar-refractivity contribution is 6.39. The van der Waals surface area contributed by atoms with Crippen molar-refractivity contribution in [2.24, 2.45) is 5.92 Å². The van der Waals surface area contributed by atoms with Crippen LogP contribution in [0.2, 0.25) is 10.0 Å². The van der Waals surface area contributed by atoms with Gasteiger partial charge in [-0.05, 0) is 45.1 Å². The quantitative estimate of drug-likeness (QED) is 0.133. The third-order valence-corrected chi connectivity index (χ3v) is 10.7. The fourth-order valence-corrected chi connectivity index (χ4v) is 7.68. The van der Waals surface area contributed by atoms with Gasteiger partial charge in [-0.1, -0.05) is 65.7 Å². The van der Waals surface area contributed by atoms with E-state index in [-0.39, 0.29) is 23.7 Å². The van der Waals surface area contributed by atoms with E-state index in [2.05, 4.69) is 31.0 Å². The number of nitrogens with zero attached hydrogens (tertiary/aromatic N) is 5. The second-order valence-corrected chi connectivity index (χ2v) is 14.0. The van der Waals surface area contributed by atoms with Crippen LogP contribution in [0.1, 0.15) is 56.8 Å². The van der Waals surface area contributed by atoms with Gasteiger partial charge in [-0.3, -0.25) is 9.59 Å². The van der Waals surface area contributed by atoms with Crippen LogP contribution in [-0.4, -0.2) is 62.0 Å². The molecule has 3 aromatic heterocycles. The fraction of sp³-hybridized carbons (Fsp3) is 0.368. The van der Waals surface area contributed by atoms with Gasteiger partial charge in [0.15, 0.2) is 5.82 Å². The van der Waals surface area contributed by atoms with Crippen molar-refractivity contribution in [3.63, 3.8) is 0 Å². The first-order valence-corrected chi connectivity index (χ1v) is 18.1. The van der Waals surface area contributed by atoms with E-state index < -0.39 is 0 Å². The van der Waals surface area contributed by atoms with Crippen LogP contribution in [0.25, 0.3) is 39.3 Å². The summed E-state index contributed by atoms with van der Waals surface area (Å²) >= 11 is 14.2. The molecule has 1 amide bonds. The summed E-state index contributed by atoms with van der Waals surface area (Å²) in [6.07, 6.45) is 8.84. The van der Waals surface area contributed by atoms with Crippen LogP contribution in [0.15, 0.2) is 60.9 Å². The highest BCUT2D eigenvalue weighted by atomic mass is 35.5. The van der Waals surface area contributed by atoms with Gasteiger partial charge < -0.3 is 20.7 Å². The summed E-state index contributed by atoms with van der Waals surface area (Å²) in [5.74, 6) is 2.25. The molecule has 1 saturated carbocycles. The zero-order valence-corrected chi connectivity index (χ0v) is 30.1. The number of ether oxygens (including phenoxy) is 1. The van der Waals surface area contributed by atoms with Crippen LogP contribution in [0, 0.1) is 5.92 Å². The summed E-state index contributed by atoms with van der Waals surface area (Å²) in [4.78, 5) is 37.2. The Kier molecular flexibility index (Phi) is 10.6. The van der Waals surface area contributed by atoms with Gasteiger partial charge in [0.05, 0.1) is 29.4 Å². The molecule has 2 aliphatic rings. The van der Waals surface area contributed by atoms with Gasteiger partial charge in [-0.15, -0.1) is 5.10 Å². The molecule has 1 saturated heterocycles. The van der Waals surface area contributed by atoms with Crippen LogP contribution < -0.4 is 20.7 Å². The predicted octanol–water partition coefficient (Wildman–Crippen LogP) is 6.44. The maximum Gasteiger partial charge on any atom is 0.252 e. The van der Waals surface area contributed by atoms with Crippen molar-refractivity contribution < 1.29 is 14.3 Å². The number of carbonyl (C=O) groups excluding carboxylic acids is 2. The minimum Gasteiger partial charge on any atom is -0.481 e. The maximum atomic E-state index is 11.7. The fourth-order valence-electron chi connectivity index (χ4n) is 7.02. The zero-order chi connectivity index (χ0) is 35.5. The Morgan fingerprint density at radius 3 is 2.37 bits per heavy atom. The summed E-state index contributed by atoms with van der Waals surface area (Å²) in [6.45, 7) is 3.45. The molecule has 11 nitrogen and oxygen atoms in total. The Hall–Kier alpha value is -4.42. The summed E-state index contributed by atoms with van der Waals surface area (Å²) < 4.78 is 7.33. The molecule has 3 N–H and O–H groups in total. The number of benzene rings is 2. The Balaban J connectivity index is 1.08. The Morgan fingerprint density at radius 1 is 0.941 bits per heavy atom. The van der Waals surface area contributed by atoms with E-state index in [9.17, 15) is 9.59 Å². The van der Waals surface area contributed by atoms with Crippen LogP contribution in [-0.2, 0) is 22.7 Å². The molecular formula is C38H40Cl2N8O3. The molecule has 1 aliphatic carbocycles. The minimum absolute atomic E-state index is 0.0993. The molecule has 13 heteroatoms.